The summed E-state index contributed by atoms with van der Waals surface area (Å²) >= 11 is 5.70. The third-order valence-electron chi connectivity index (χ3n) is 3.43. The van der Waals surface area contributed by atoms with Crippen molar-refractivity contribution < 1.29 is 9.18 Å². The highest BCUT2D eigenvalue weighted by molar-refractivity contribution is 6.29. The van der Waals surface area contributed by atoms with Crippen LogP contribution in [0.1, 0.15) is 15.9 Å². The predicted molar refractivity (Wildman–Crippen MR) is 92.2 cm³/mol. The summed E-state index contributed by atoms with van der Waals surface area (Å²) in [5, 5.41) is 0.372. The summed E-state index contributed by atoms with van der Waals surface area (Å²) in [6, 6.07) is 11.5. The molecule has 24 heavy (non-hydrogen) atoms. The van der Waals surface area contributed by atoms with Crippen LogP contribution in [0.15, 0.2) is 67.1 Å². The summed E-state index contributed by atoms with van der Waals surface area (Å²) in [6.45, 7) is 0. The van der Waals surface area contributed by atoms with Gasteiger partial charge in [0.2, 0.25) is 0 Å². The van der Waals surface area contributed by atoms with Gasteiger partial charge in [-0.05, 0) is 59.2 Å². The molecule has 1 aromatic carbocycles. The van der Waals surface area contributed by atoms with Crippen molar-refractivity contribution in [2.45, 2.75) is 0 Å². The number of rotatable bonds is 4. The molecule has 0 unspecified atom stereocenters. The smallest absolute Gasteiger partial charge is 0.188 e. The first-order valence-corrected chi connectivity index (χ1v) is 7.55. The van der Waals surface area contributed by atoms with Crippen LogP contribution in [0.3, 0.4) is 0 Å². The molecule has 0 aliphatic rings. The Kier molecular flexibility index (Phi) is 4.77. The Bertz CT molecular complexity index is 893. The van der Waals surface area contributed by atoms with Gasteiger partial charge in [-0.25, -0.2) is 9.37 Å². The van der Waals surface area contributed by atoms with Crippen molar-refractivity contribution in [1.29, 1.82) is 0 Å². The molecule has 0 aliphatic heterocycles. The van der Waals surface area contributed by atoms with Crippen LogP contribution < -0.4 is 0 Å². The summed E-state index contributed by atoms with van der Waals surface area (Å²) in [7, 11) is 0. The number of nitrogens with zero attached hydrogens (tertiary/aromatic N) is 2. The normalized spacial score (nSPS) is 10.9. The minimum Gasteiger partial charge on any atom is -0.289 e. The maximum Gasteiger partial charge on any atom is 0.188 e. The van der Waals surface area contributed by atoms with Gasteiger partial charge < -0.3 is 0 Å². The number of pyridine rings is 2. The standard InChI is InChI=1S/C19H12ClFN2O/c20-19-6-2-13(12-23-19)1-5-18(24)16-4-3-15(11-17(16)21)14-7-9-22-10-8-14/h1-12H/b5-1+. The molecule has 0 spiro atoms. The van der Waals surface area contributed by atoms with Crippen LogP contribution in [0, 0.1) is 5.82 Å². The summed E-state index contributed by atoms with van der Waals surface area (Å²) < 4.78 is 14.3. The van der Waals surface area contributed by atoms with Gasteiger partial charge in [-0.2, -0.15) is 0 Å². The minimum absolute atomic E-state index is 0.0194. The first-order valence-electron chi connectivity index (χ1n) is 7.17. The Morgan fingerprint density at radius 3 is 2.50 bits per heavy atom. The van der Waals surface area contributed by atoms with E-state index in [1.807, 2.05) is 0 Å². The third-order valence-corrected chi connectivity index (χ3v) is 3.65. The van der Waals surface area contributed by atoms with E-state index in [-0.39, 0.29) is 5.56 Å². The van der Waals surface area contributed by atoms with Crippen molar-refractivity contribution in [2.24, 2.45) is 0 Å². The Morgan fingerprint density at radius 1 is 1.04 bits per heavy atom. The second-order valence-electron chi connectivity index (χ2n) is 5.04. The topological polar surface area (TPSA) is 42.9 Å². The number of carbonyl (C=O) groups is 1. The molecule has 0 aliphatic carbocycles. The molecule has 3 rings (SSSR count). The molecular formula is C19H12ClFN2O. The zero-order valence-corrected chi connectivity index (χ0v) is 13.2. The van der Waals surface area contributed by atoms with E-state index in [0.29, 0.717) is 16.3 Å². The molecule has 3 nitrogen and oxygen atoms in total. The zero-order chi connectivity index (χ0) is 16.9. The lowest BCUT2D eigenvalue weighted by Gasteiger charge is -2.04. The van der Waals surface area contributed by atoms with Crippen LogP contribution in [0.2, 0.25) is 5.15 Å². The molecule has 2 heterocycles. The van der Waals surface area contributed by atoms with Gasteiger partial charge in [0.25, 0.3) is 0 Å². The quantitative estimate of drug-likeness (QED) is 0.388. The van der Waals surface area contributed by atoms with Gasteiger partial charge in [0.1, 0.15) is 11.0 Å². The third kappa shape index (κ3) is 3.73. The molecule has 0 saturated carbocycles. The van der Waals surface area contributed by atoms with Crippen molar-refractivity contribution in [3.05, 3.63) is 89.2 Å². The molecule has 0 atom stereocenters. The lowest BCUT2D eigenvalue weighted by Crippen LogP contribution is -1.99. The number of benzene rings is 1. The van der Waals surface area contributed by atoms with Crippen LogP contribution in [0.4, 0.5) is 4.39 Å². The first-order chi connectivity index (χ1) is 11.6. The highest BCUT2D eigenvalue weighted by Crippen LogP contribution is 2.22. The van der Waals surface area contributed by atoms with Gasteiger partial charge in [-0.1, -0.05) is 23.7 Å². The predicted octanol–water partition coefficient (Wildman–Crippen LogP) is 4.83. The average molecular weight is 339 g/mol. The van der Waals surface area contributed by atoms with E-state index in [1.54, 1.807) is 48.8 Å². The molecule has 0 bridgehead atoms. The fourth-order valence-electron chi connectivity index (χ4n) is 2.19. The van der Waals surface area contributed by atoms with Crippen molar-refractivity contribution in [2.75, 3.05) is 0 Å². The van der Waals surface area contributed by atoms with E-state index >= 15 is 0 Å². The van der Waals surface area contributed by atoms with Crippen molar-refractivity contribution in [3.8, 4) is 11.1 Å². The van der Waals surface area contributed by atoms with E-state index in [1.165, 1.54) is 24.4 Å². The Balaban J connectivity index is 1.81. The molecule has 0 saturated heterocycles. The molecule has 2 aromatic heterocycles. The summed E-state index contributed by atoms with van der Waals surface area (Å²) in [5.41, 5.74) is 2.26. The van der Waals surface area contributed by atoms with Gasteiger partial charge in [-0.15, -0.1) is 0 Å². The number of halogens is 2. The van der Waals surface area contributed by atoms with Crippen molar-refractivity contribution in [3.63, 3.8) is 0 Å². The summed E-state index contributed by atoms with van der Waals surface area (Å²) in [4.78, 5) is 20.0. The molecule has 3 aromatic rings. The van der Waals surface area contributed by atoms with Gasteiger partial charge in [0.15, 0.2) is 5.78 Å². The summed E-state index contributed by atoms with van der Waals surface area (Å²) in [6.07, 6.45) is 7.69. The molecule has 0 N–H and O–H groups in total. The molecule has 5 heteroatoms. The Morgan fingerprint density at radius 2 is 1.83 bits per heavy atom. The SMILES string of the molecule is O=C(/C=C/c1ccc(Cl)nc1)c1ccc(-c2ccncc2)cc1F. The molecule has 0 radical (unpaired) electrons. The lowest BCUT2D eigenvalue weighted by molar-refractivity contribution is 0.104. The lowest BCUT2D eigenvalue weighted by atomic mass is 10.0. The minimum atomic E-state index is -0.562. The van der Waals surface area contributed by atoms with E-state index in [9.17, 15) is 9.18 Å². The zero-order valence-electron chi connectivity index (χ0n) is 12.5. The van der Waals surface area contributed by atoms with Crippen LogP contribution in [-0.2, 0) is 0 Å². The molecule has 0 fully saturated rings. The van der Waals surface area contributed by atoms with Crippen LogP contribution in [0.5, 0.6) is 0 Å². The average Bonchev–Trinajstić information content (AvgIpc) is 2.61. The number of aromatic nitrogens is 2. The number of hydrogen-bond acceptors (Lipinski definition) is 3. The van der Waals surface area contributed by atoms with E-state index in [0.717, 1.165) is 5.56 Å². The highest BCUT2D eigenvalue weighted by atomic mass is 35.5. The number of hydrogen-bond donors (Lipinski definition) is 0. The molecule has 0 amide bonds. The van der Waals surface area contributed by atoms with Crippen LogP contribution >= 0.6 is 11.6 Å². The summed E-state index contributed by atoms with van der Waals surface area (Å²) in [5.74, 6) is -0.975. The van der Waals surface area contributed by atoms with Crippen molar-refractivity contribution in [1.82, 2.24) is 9.97 Å². The van der Waals surface area contributed by atoms with Gasteiger partial charge in [0, 0.05) is 18.6 Å². The Labute approximate surface area is 143 Å². The largest absolute Gasteiger partial charge is 0.289 e. The maximum absolute atomic E-state index is 14.3. The molecular weight excluding hydrogens is 327 g/mol. The number of allylic oxidation sites excluding steroid dienone is 1. The number of ketones is 1. The van der Waals surface area contributed by atoms with Gasteiger partial charge >= 0.3 is 0 Å². The Hall–Kier alpha value is -2.85. The second-order valence-corrected chi connectivity index (χ2v) is 5.43. The maximum atomic E-state index is 14.3. The van der Waals surface area contributed by atoms with E-state index in [4.69, 9.17) is 11.6 Å². The monoisotopic (exact) mass is 338 g/mol. The van der Waals surface area contributed by atoms with E-state index < -0.39 is 11.6 Å². The number of carbonyl (C=O) groups excluding carboxylic acids is 1. The molecule has 118 valence electrons. The van der Waals surface area contributed by atoms with Gasteiger partial charge in [0.05, 0.1) is 5.56 Å². The van der Waals surface area contributed by atoms with Crippen molar-refractivity contribution >= 4 is 23.5 Å². The van der Waals surface area contributed by atoms with Crippen LogP contribution in [-0.4, -0.2) is 15.8 Å². The first kappa shape index (κ1) is 16.0. The highest BCUT2D eigenvalue weighted by Gasteiger charge is 2.10. The second kappa shape index (κ2) is 7.15. The fourth-order valence-corrected chi connectivity index (χ4v) is 2.30. The van der Waals surface area contributed by atoms with Gasteiger partial charge in [-0.3, -0.25) is 9.78 Å². The van der Waals surface area contributed by atoms with Crippen LogP contribution in [0.25, 0.3) is 17.2 Å². The fraction of sp³-hybridized carbons (Fsp3) is 0. The van der Waals surface area contributed by atoms with E-state index in [2.05, 4.69) is 9.97 Å².